The summed E-state index contributed by atoms with van der Waals surface area (Å²) in [6, 6.07) is 10.4. The van der Waals surface area contributed by atoms with E-state index in [1.807, 2.05) is 0 Å². The summed E-state index contributed by atoms with van der Waals surface area (Å²) in [5.74, 6) is 0.945. The van der Waals surface area contributed by atoms with E-state index in [9.17, 15) is 0 Å². The van der Waals surface area contributed by atoms with Crippen LogP contribution in [0.1, 0.15) is 27.7 Å². The minimum atomic E-state index is -1.96. The van der Waals surface area contributed by atoms with Crippen molar-refractivity contribution in [2.24, 2.45) is 5.92 Å². The van der Waals surface area contributed by atoms with Crippen molar-refractivity contribution in [3.8, 4) is 5.75 Å². The molecule has 1 nitrogen and oxygen atoms in total. The van der Waals surface area contributed by atoms with E-state index in [-0.39, 0.29) is 24.8 Å². The second-order valence-corrected chi connectivity index (χ2v) is 23.5. The van der Waals surface area contributed by atoms with Gasteiger partial charge in [-0.1, -0.05) is 0 Å². The first-order chi connectivity index (χ1) is 9.43. The Bertz CT molecular complexity index is 555. The third-order valence-corrected chi connectivity index (χ3v) is 20.1. The number of hydrogen-bond acceptors (Lipinski definition) is 1. The largest absolute Gasteiger partial charge is 0.147 e. The molecule has 0 saturated heterocycles. The van der Waals surface area contributed by atoms with Gasteiger partial charge in [-0.3, -0.25) is 0 Å². The molecule has 0 N–H and O–H groups in total. The van der Waals surface area contributed by atoms with Crippen molar-refractivity contribution in [3.63, 3.8) is 0 Å². The molecule has 0 aliphatic heterocycles. The van der Waals surface area contributed by atoms with Crippen LogP contribution in [0.4, 0.5) is 0 Å². The normalized spacial score (nSPS) is 17.3. The Hall–Kier alpha value is 0.180. The summed E-state index contributed by atoms with van der Waals surface area (Å²) in [5, 5.41) is 0. The van der Waals surface area contributed by atoms with Gasteiger partial charge in [-0.2, -0.15) is 0 Å². The minimum absolute atomic E-state index is 0. The standard InChI is InChI=1S/C9H13.C6H6O.C2H7Si.2ClH.Zr/c1-6-5-7(2)9(4)8(6)3;7-6-4-2-1-3-5-6;1-3-2;;;/h6H,1-4H3;1-5,7H;3H,1-2H3;2*1H;/q;;;;;+1/p-1. The molecule has 1 atom stereocenters. The molecule has 1 aliphatic carbocycles. The van der Waals surface area contributed by atoms with Gasteiger partial charge in [-0.05, 0) is 0 Å². The average Bonchev–Trinajstić information content (AvgIpc) is 2.62. The Balaban J connectivity index is 0.00000220. The average molecular weight is 438 g/mol. The van der Waals surface area contributed by atoms with Crippen LogP contribution >= 0.6 is 24.8 Å². The smallest absolute Gasteiger partial charge is 0.147 e. The molecule has 0 fully saturated rings. The topological polar surface area (TPSA) is 9.23 Å². The maximum Gasteiger partial charge on any atom is -0.147 e. The van der Waals surface area contributed by atoms with E-state index in [1.165, 1.54) is 5.57 Å². The Labute approximate surface area is 156 Å². The van der Waals surface area contributed by atoms with Gasteiger partial charge in [0.2, 0.25) is 0 Å². The summed E-state index contributed by atoms with van der Waals surface area (Å²) in [6.45, 7) is 14.2. The molecule has 1 aliphatic rings. The molecule has 0 spiro atoms. The number of benzene rings is 1. The fourth-order valence-electron chi connectivity index (χ4n) is 2.86. The van der Waals surface area contributed by atoms with E-state index < -0.39 is 27.3 Å². The third kappa shape index (κ3) is 4.60. The van der Waals surface area contributed by atoms with Crippen molar-refractivity contribution in [1.82, 2.24) is 0 Å². The van der Waals surface area contributed by atoms with Crippen LogP contribution in [0.25, 0.3) is 0 Å². The summed E-state index contributed by atoms with van der Waals surface area (Å²) in [4.78, 5) is 0. The molecule has 5 heteroatoms. The van der Waals surface area contributed by atoms with Gasteiger partial charge in [0.05, 0.1) is 0 Å². The maximum absolute atomic E-state index is 6.57. The van der Waals surface area contributed by atoms with E-state index in [1.54, 1.807) is 14.4 Å². The van der Waals surface area contributed by atoms with Crippen LogP contribution in [0.2, 0.25) is 13.1 Å². The van der Waals surface area contributed by atoms with Crippen LogP contribution in [-0.4, -0.2) is 5.92 Å². The molecule has 1 aromatic rings. The maximum atomic E-state index is 6.57. The van der Waals surface area contributed by atoms with Gasteiger partial charge in [0.1, 0.15) is 0 Å². The first-order valence-electron chi connectivity index (χ1n) is 7.42. The second kappa shape index (κ2) is 9.47. The Morgan fingerprint density at radius 3 is 1.91 bits per heavy atom. The molecule has 123 valence electrons. The first-order valence-corrected chi connectivity index (χ1v) is 16.8. The molecule has 0 aromatic heterocycles. The van der Waals surface area contributed by atoms with E-state index in [2.05, 4.69) is 71.1 Å². The third-order valence-electron chi connectivity index (χ3n) is 4.40. The molecular formula is C17H27Cl2OSiZr. The van der Waals surface area contributed by atoms with Crippen molar-refractivity contribution in [3.05, 3.63) is 50.3 Å². The summed E-state index contributed by atoms with van der Waals surface area (Å²) in [7, 11) is 0. The van der Waals surface area contributed by atoms with Crippen molar-refractivity contribution in [1.29, 1.82) is 0 Å². The zero-order valence-electron chi connectivity index (χ0n) is 14.3. The van der Waals surface area contributed by atoms with Gasteiger partial charge in [0, 0.05) is 0 Å². The van der Waals surface area contributed by atoms with Gasteiger partial charge in [0.25, 0.3) is 0 Å². The molecule has 2 rings (SSSR count). The Morgan fingerprint density at radius 2 is 1.50 bits per heavy atom. The molecule has 0 saturated carbocycles. The molecule has 0 bridgehead atoms. The van der Waals surface area contributed by atoms with Crippen molar-refractivity contribution in [2.75, 3.05) is 0 Å². The minimum Gasteiger partial charge on any atom is -0.147 e. The number of hydrogen-bond donors (Lipinski definition) is 0. The Morgan fingerprint density at radius 1 is 0.955 bits per heavy atom. The predicted molar refractivity (Wildman–Crippen MR) is 101 cm³/mol. The fraction of sp³-hybridized carbons (Fsp3) is 0.412. The summed E-state index contributed by atoms with van der Waals surface area (Å²) in [6.07, 6.45) is 0. The SMILES string of the molecule is CC1=C(C)C(C)[C]([Zr]([O]c2ccccc2)[SiH](C)C)=C1C.Cl.Cl. The van der Waals surface area contributed by atoms with Gasteiger partial charge < -0.3 is 0 Å². The molecule has 1 unspecified atom stereocenters. The zero-order chi connectivity index (χ0) is 14.9. The fourth-order valence-corrected chi connectivity index (χ4v) is 17.8. The van der Waals surface area contributed by atoms with Gasteiger partial charge in [0.15, 0.2) is 0 Å². The van der Waals surface area contributed by atoms with Crippen molar-refractivity contribution in [2.45, 2.75) is 40.8 Å². The summed E-state index contributed by atoms with van der Waals surface area (Å²) >= 11 is -1.96. The van der Waals surface area contributed by atoms with Crippen LogP contribution in [0.5, 0.6) is 5.75 Å². The van der Waals surface area contributed by atoms with Crippen molar-refractivity contribution < 1.29 is 24.2 Å². The van der Waals surface area contributed by atoms with Crippen LogP contribution < -0.4 is 2.81 Å². The van der Waals surface area contributed by atoms with Gasteiger partial charge >= 0.3 is 133 Å². The molecule has 22 heavy (non-hydrogen) atoms. The van der Waals surface area contributed by atoms with E-state index in [4.69, 9.17) is 2.81 Å². The van der Waals surface area contributed by atoms with E-state index >= 15 is 0 Å². The van der Waals surface area contributed by atoms with Crippen LogP contribution in [0.15, 0.2) is 50.3 Å². The number of para-hydroxylation sites is 1. The second-order valence-electron chi connectivity index (χ2n) is 6.00. The van der Waals surface area contributed by atoms with E-state index in [0.717, 1.165) is 5.75 Å². The molecule has 0 radical (unpaired) electrons. The van der Waals surface area contributed by atoms with Crippen LogP contribution in [-0.2, 0) is 21.4 Å². The molecule has 1 aromatic carbocycles. The number of allylic oxidation sites excluding steroid dienone is 4. The zero-order valence-corrected chi connectivity index (χ0v) is 19.5. The molecular weight excluding hydrogens is 410 g/mol. The van der Waals surface area contributed by atoms with Crippen LogP contribution in [0, 0.1) is 5.92 Å². The summed E-state index contributed by atoms with van der Waals surface area (Å²) in [5.41, 5.74) is 4.61. The molecule has 0 amide bonds. The first kappa shape index (κ1) is 22.2. The monoisotopic (exact) mass is 435 g/mol. The number of rotatable bonds is 4. The quantitative estimate of drug-likeness (QED) is 0.550. The van der Waals surface area contributed by atoms with Crippen LogP contribution in [0.3, 0.4) is 0 Å². The molecule has 0 heterocycles. The van der Waals surface area contributed by atoms with Gasteiger partial charge in [-0.15, -0.1) is 24.8 Å². The van der Waals surface area contributed by atoms with Crippen molar-refractivity contribution >= 4 is 30.7 Å². The number of halogens is 2. The Kier molecular flexibility index (Phi) is 9.55. The summed E-state index contributed by atoms with van der Waals surface area (Å²) < 4.78 is 8.29. The van der Waals surface area contributed by atoms with Gasteiger partial charge in [-0.25, -0.2) is 0 Å². The predicted octanol–water partition coefficient (Wildman–Crippen LogP) is 5.69. The van der Waals surface area contributed by atoms with E-state index in [0.29, 0.717) is 5.92 Å².